The normalized spacial score (nSPS) is 22.7. The number of rotatable bonds is 4. The van der Waals surface area contributed by atoms with E-state index in [0.29, 0.717) is 5.56 Å². The van der Waals surface area contributed by atoms with Crippen LogP contribution in [-0.4, -0.2) is 38.3 Å². The number of aromatic nitrogens is 2. The van der Waals surface area contributed by atoms with Crippen LogP contribution in [0.2, 0.25) is 0 Å². The van der Waals surface area contributed by atoms with Gasteiger partial charge in [-0.15, -0.1) is 11.8 Å². The van der Waals surface area contributed by atoms with E-state index >= 15 is 0 Å². The molecule has 6 heteroatoms. The van der Waals surface area contributed by atoms with Crippen LogP contribution in [0.3, 0.4) is 0 Å². The highest BCUT2D eigenvalue weighted by Crippen LogP contribution is 2.26. The van der Waals surface area contributed by atoms with Crippen LogP contribution in [0.15, 0.2) is 12.4 Å². The van der Waals surface area contributed by atoms with Gasteiger partial charge in [0, 0.05) is 18.8 Å². The molecule has 2 rings (SSSR count). The first kappa shape index (κ1) is 13.4. The second-order valence-corrected chi connectivity index (χ2v) is 6.21. The smallest absolute Gasteiger partial charge is 0.233 e. The van der Waals surface area contributed by atoms with Crippen molar-refractivity contribution in [2.75, 3.05) is 12.3 Å². The summed E-state index contributed by atoms with van der Waals surface area (Å²) in [5.74, 6) is 1.08. The molecule has 5 nitrogen and oxygen atoms in total. The minimum atomic E-state index is -1.08. The van der Waals surface area contributed by atoms with Crippen molar-refractivity contribution in [1.82, 2.24) is 15.1 Å². The number of carbonyl (C=O) groups is 1. The molecule has 0 spiro atoms. The molecule has 2 unspecified atom stereocenters. The quantitative estimate of drug-likeness (QED) is 0.842. The van der Waals surface area contributed by atoms with Crippen molar-refractivity contribution in [3.8, 4) is 0 Å². The molecular formula is C12H19N3O2S. The molecule has 18 heavy (non-hydrogen) atoms. The highest BCUT2D eigenvalue weighted by molar-refractivity contribution is 8.00. The molecule has 1 aromatic rings. The zero-order valence-corrected chi connectivity index (χ0v) is 11.5. The van der Waals surface area contributed by atoms with Gasteiger partial charge in [-0.2, -0.15) is 5.10 Å². The molecule has 1 aliphatic rings. The summed E-state index contributed by atoms with van der Waals surface area (Å²) in [4.78, 5) is 11.9. The van der Waals surface area contributed by atoms with E-state index in [9.17, 15) is 9.90 Å². The van der Waals surface area contributed by atoms with E-state index in [0.717, 1.165) is 18.6 Å². The minimum absolute atomic E-state index is 0.0293. The van der Waals surface area contributed by atoms with Crippen molar-refractivity contribution in [1.29, 1.82) is 0 Å². The van der Waals surface area contributed by atoms with Gasteiger partial charge in [-0.25, -0.2) is 0 Å². The summed E-state index contributed by atoms with van der Waals surface area (Å²) in [6.45, 7) is 1.90. The van der Waals surface area contributed by atoms with Gasteiger partial charge in [-0.05, 0) is 25.5 Å². The number of nitrogens with one attached hydrogen (secondary N) is 1. The number of nitrogens with zero attached hydrogens (tertiary/aromatic N) is 2. The number of aryl methyl sites for hydroxylation is 1. The lowest BCUT2D eigenvalue weighted by Gasteiger charge is -2.23. The first-order chi connectivity index (χ1) is 8.49. The average molecular weight is 269 g/mol. The summed E-state index contributed by atoms with van der Waals surface area (Å²) in [7, 11) is 1.80. The number of thioether (sulfide) groups is 1. The Morgan fingerprint density at radius 3 is 3.11 bits per heavy atom. The fourth-order valence-electron chi connectivity index (χ4n) is 1.96. The Morgan fingerprint density at radius 1 is 1.78 bits per heavy atom. The average Bonchev–Trinajstić information content (AvgIpc) is 2.96. The zero-order chi connectivity index (χ0) is 13.2. The molecule has 100 valence electrons. The topological polar surface area (TPSA) is 67.2 Å². The van der Waals surface area contributed by atoms with Gasteiger partial charge in [0.15, 0.2) is 0 Å². The first-order valence-electron chi connectivity index (χ1n) is 6.10. The van der Waals surface area contributed by atoms with Crippen LogP contribution < -0.4 is 5.32 Å². The Hall–Kier alpha value is -1.01. The molecule has 2 atom stereocenters. The maximum Gasteiger partial charge on any atom is 0.233 e. The lowest BCUT2D eigenvalue weighted by Crippen LogP contribution is -2.41. The molecule has 2 heterocycles. The molecule has 1 aromatic heterocycles. The van der Waals surface area contributed by atoms with Crippen LogP contribution >= 0.6 is 11.8 Å². The van der Waals surface area contributed by atoms with E-state index in [2.05, 4.69) is 10.4 Å². The number of hydrogen-bond acceptors (Lipinski definition) is 4. The zero-order valence-electron chi connectivity index (χ0n) is 10.7. The Balaban J connectivity index is 1.90. The summed E-state index contributed by atoms with van der Waals surface area (Å²) in [6.07, 6.45) is 5.42. The molecule has 1 aliphatic heterocycles. The standard InChI is InChI=1S/C12H19N3O2S/c1-12(17,9-6-14-15(2)7-9)8-13-11(16)10-4-3-5-18-10/h6-7,10,17H,3-5,8H2,1-2H3,(H,13,16). The van der Waals surface area contributed by atoms with Gasteiger partial charge in [0.25, 0.3) is 0 Å². The van der Waals surface area contributed by atoms with Crippen LogP contribution in [0, 0.1) is 0 Å². The molecule has 1 fully saturated rings. The van der Waals surface area contributed by atoms with Crippen molar-refractivity contribution in [3.63, 3.8) is 0 Å². The molecule has 1 amide bonds. The summed E-state index contributed by atoms with van der Waals surface area (Å²) in [5, 5.41) is 17.2. The third kappa shape index (κ3) is 3.05. The molecule has 0 radical (unpaired) electrons. The minimum Gasteiger partial charge on any atom is -0.383 e. The molecule has 0 saturated carbocycles. The van der Waals surface area contributed by atoms with Gasteiger partial charge in [0.2, 0.25) is 5.91 Å². The molecule has 0 aliphatic carbocycles. The van der Waals surface area contributed by atoms with Crippen LogP contribution in [0.25, 0.3) is 0 Å². The lowest BCUT2D eigenvalue weighted by atomic mass is 9.99. The number of aliphatic hydroxyl groups is 1. The summed E-state index contributed by atoms with van der Waals surface area (Å²) in [5.41, 5.74) is -0.364. The number of carbonyl (C=O) groups excluding carboxylic acids is 1. The first-order valence-corrected chi connectivity index (χ1v) is 7.15. The van der Waals surface area contributed by atoms with Crippen LogP contribution in [0.4, 0.5) is 0 Å². The molecule has 2 N–H and O–H groups in total. The molecule has 1 saturated heterocycles. The van der Waals surface area contributed by atoms with Crippen molar-refractivity contribution in [2.45, 2.75) is 30.6 Å². The van der Waals surface area contributed by atoms with Gasteiger partial charge in [0.1, 0.15) is 5.60 Å². The van der Waals surface area contributed by atoms with Gasteiger partial charge in [-0.3, -0.25) is 9.48 Å². The summed E-state index contributed by atoms with van der Waals surface area (Å²) < 4.78 is 1.64. The SMILES string of the molecule is Cn1cc(C(C)(O)CNC(=O)C2CCCS2)cn1. The van der Waals surface area contributed by atoms with E-state index in [-0.39, 0.29) is 17.7 Å². The monoisotopic (exact) mass is 269 g/mol. The van der Waals surface area contributed by atoms with E-state index in [1.807, 2.05) is 0 Å². The predicted molar refractivity (Wildman–Crippen MR) is 71.3 cm³/mol. The van der Waals surface area contributed by atoms with Crippen molar-refractivity contribution >= 4 is 17.7 Å². The van der Waals surface area contributed by atoms with E-state index in [4.69, 9.17) is 0 Å². The summed E-state index contributed by atoms with van der Waals surface area (Å²) in [6, 6.07) is 0. The van der Waals surface area contributed by atoms with E-state index < -0.39 is 5.60 Å². The largest absolute Gasteiger partial charge is 0.383 e. The van der Waals surface area contributed by atoms with Gasteiger partial charge < -0.3 is 10.4 Å². The van der Waals surface area contributed by atoms with Crippen molar-refractivity contribution in [2.24, 2.45) is 7.05 Å². The predicted octanol–water partition coefficient (Wildman–Crippen LogP) is 0.639. The van der Waals surface area contributed by atoms with Crippen molar-refractivity contribution in [3.05, 3.63) is 18.0 Å². The highest BCUT2D eigenvalue weighted by atomic mass is 32.2. The molecular weight excluding hydrogens is 250 g/mol. The van der Waals surface area contributed by atoms with E-state index in [1.54, 1.807) is 42.8 Å². The van der Waals surface area contributed by atoms with Crippen molar-refractivity contribution < 1.29 is 9.90 Å². The second-order valence-electron chi connectivity index (χ2n) is 4.90. The van der Waals surface area contributed by atoms with Crippen LogP contribution in [0.1, 0.15) is 25.3 Å². The van der Waals surface area contributed by atoms with Gasteiger partial charge in [-0.1, -0.05) is 0 Å². The van der Waals surface area contributed by atoms with Crippen LogP contribution in [0.5, 0.6) is 0 Å². The third-order valence-electron chi connectivity index (χ3n) is 3.16. The van der Waals surface area contributed by atoms with Gasteiger partial charge >= 0.3 is 0 Å². The third-order valence-corrected chi connectivity index (χ3v) is 4.53. The maximum absolute atomic E-state index is 11.9. The Labute approximate surface area is 111 Å². The number of hydrogen-bond donors (Lipinski definition) is 2. The molecule has 0 bridgehead atoms. The van der Waals surface area contributed by atoms with Crippen LogP contribution in [-0.2, 0) is 17.4 Å². The maximum atomic E-state index is 11.9. The summed E-state index contributed by atoms with van der Waals surface area (Å²) >= 11 is 1.69. The van der Waals surface area contributed by atoms with E-state index in [1.165, 1.54) is 0 Å². The Kier molecular flexibility index (Phi) is 3.97. The Bertz CT molecular complexity index is 425. The number of amides is 1. The molecule has 0 aromatic carbocycles. The Morgan fingerprint density at radius 2 is 2.56 bits per heavy atom. The van der Waals surface area contributed by atoms with Gasteiger partial charge in [0.05, 0.1) is 18.0 Å². The second kappa shape index (κ2) is 5.32. The highest BCUT2D eigenvalue weighted by Gasteiger charge is 2.28. The fourth-order valence-corrected chi connectivity index (χ4v) is 3.14. The fraction of sp³-hybridized carbons (Fsp3) is 0.667. The lowest BCUT2D eigenvalue weighted by molar-refractivity contribution is -0.121.